The van der Waals surface area contributed by atoms with E-state index >= 15 is 0 Å². The van der Waals surface area contributed by atoms with Crippen molar-refractivity contribution in [1.29, 1.82) is 0 Å². The zero-order valence-corrected chi connectivity index (χ0v) is 9.95. The zero-order valence-electron chi connectivity index (χ0n) is 9.95. The van der Waals surface area contributed by atoms with Crippen LogP contribution in [0.25, 0.3) is 0 Å². The van der Waals surface area contributed by atoms with Crippen LogP contribution in [0, 0.1) is 0 Å². The normalized spacial score (nSPS) is 18.1. The van der Waals surface area contributed by atoms with Gasteiger partial charge in [-0.25, -0.2) is 0 Å². The predicted molar refractivity (Wildman–Crippen MR) is 63.6 cm³/mol. The first-order valence-electron chi connectivity index (χ1n) is 5.51. The van der Waals surface area contributed by atoms with Crippen molar-refractivity contribution in [2.45, 2.75) is 32.6 Å². The Bertz CT molecular complexity index is 430. The maximum absolute atomic E-state index is 8.96. The lowest BCUT2D eigenvalue weighted by Crippen LogP contribution is -2.19. The minimum atomic E-state index is 0.0903. The van der Waals surface area contributed by atoms with Gasteiger partial charge in [-0.2, -0.15) is 0 Å². The molecule has 0 radical (unpaired) electrons. The molecule has 1 aliphatic rings. The monoisotopic (exact) mass is 219 g/mol. The predicted octanol–water partition coefficient (Wildman–Crippen LogP) is 2.94. The fourth-order valence-corrected chi connectivity index (χ4v) is 1.84. The highest BCUT2D eigenvalue weighted by molar-refractivity contribution is 6.03. The fourth-order valence-electron chi connectivity index (χ4n) is 1.84. The molecule has 0 fully saturated rings. The van der Waals surface area contributed by atoms with Crippen molar-refractivity contribution in [3.05, 3.63) is 29.3 Å². The average Bonchev–Trinajstić information content (AvgIpc) is 2.26. The van der Waals surface area contributed by atoms with Crippen molar-refractivity contribution < 1.29 is 9.94 Å². The van der Waals surface area contributed by atoms with Crippen LogP contribution in [0.1, 0.15) is 38.3 Å². The molecular formula is C13H17NO2. The second-order valence-electron chi connectivity index (χ2n) is 5.11. The third-order valence-electron chi connectivity index (χ3n) is 2.87. The lowest BCUT2D eigenvalue weighted by Gasteiger charge is -2.23. The first-order valence-corrected chi connectivity index (χ1v) is 5.51. The van der Waals surface area contributed by atoms with Crippen LogP contribution in [0.5, 0.6) is 5.75 Å². The molecule has 0 bridgehead atoms. The third-order valence-corrected chi connectivity index (χ3v) is 2.87. The van der Waals surface area contributed by atoms with Crippen molar-refractivity contribution in [3.8, 4) is 5.75 Å². The van der Waals surface area contributed by atoms with Gasteiger partial charge in [0.15, 0.2) is 0 Å². The number of benzene rings is 1. The first-order chi connectivity index (χ1) is 7.52. The molecule has 86 valence electrons. The number of hydrogen-bond donors (Lipinski definition) is 1. The molecule has 0 saturated heterocycles. The van der Waals surface area contributed by atoms with Crippen LogP contribution in [0.3, 0.4) is 0 Å². The van der Waals surface area contributed by atoms with E-state index in [9.17, 15) is 0 Å². The fraction of sp³-hybridized carbons (Fsp3) is 0.462. The summed E-state index contributed by atoms with van der Waals surface area (Å²) in [6.07, 6.45) is 0.664. The van der Waals surface area contributed by atoms with Crippen LogP contribution in [0.2, 0.25) is 0 Å². The SMILES string of the molecule is CC(C)(C)c1ccc2c(c1)/C(=N/O)CCO2. The number of hydrogen-bond acceptors (Lipinski definition) is 3. The van der Waals surface area contributed by atoms with Crippen LogP contribution in [0.15, 0.2) is 23.4 Å². The lowest BCUT2D eigenvalue weighted by atomic mass is 9.85. The van der Waals surface area contributed by atoms with Crippen molar-refractivity contribution in [1.82, 2.24) is 0 Å². The summed E-state index contributed by atoms with van der Waals surface area (Å²) in [4.78, 5) is 0. The van der Waals surface area contributed by atoms with Crippen LogP contribution < -0.4 is 4.74 Å². The van der Waals surface area contributed by atoms with Crippen LogP contribution in [-0.2, 0) is 5.41 Å². The topological polar surface area (TPSA) is 41.8 Å². The van der Waals surface area contributed by atoms with Crippen LogP contribution in [0.4, 0.5) is 0 Å². The lowest BCUT2D eigenvalue weighted by molar-refractivity contribution is 0.298. The van der Waals surface area contributed by atoms with Gasteiger partial charge in [0.2, 0.25) is 0 Å². The molecule has 0 aromatic heterocycles. The number of rotatable bonds is 0. The van der Waals surface area contributed by atoms with Gasteiger partial charge in [-0.15, -0.1) is 0 Å². The van der Waals surface area contributed by atoms with E-state index in [0.29, 0.717) is 18.7 Å². The Hall–Kier alpha value is -1.51. The van der Waals surface area contributed by atoms with Gasteiger partial charge < -0.3 is 9.94 Å². The Morgan fingerprint density at radius 3 is 2.69 bits per heavy atom. The Morgan fingerprint density at radius 2 is 2.06 bits per heavy atom. The molecule has 0 saturated carbocycles. The van der Waals surface area contributed by atoms with Crippen LogP contribution >= 0.6 is 0 Å². The van der Waals surface area contributed by atoms with Gasteiger partial charge in [-0.05, 0) is 23.1 Å². The summed E-state index contributed by atoms with van der Waals surface area (Å²) < 4.78 is 5.53. The van der Waals surface area contributed by atoms with E-state index in [2.05, 4.69) is 38.1 Å². The van der Waals surface area contributed by atoms with Gasteiger partial charge in [0.25, 0.3) is 0 Å². The van der Waals surface area contributed by atoms with E-state index in [1.165, 1.54) is 5.56 Å². The summed E-state index contributed by atoms with van der Waals surface area (Å²) in [5, 5.41) is 12.3. The molecule has 1 heterocycles. The van der Waals surface area contributed by atoms with Crippen molar-refractivity contribution in [2.24, 2.45) is 5.16 Å². The number of nitrogens with zero attached hydrogens (tertiary/aromatic N) is 1. The molecule has 1 aromatic carbocycles. The minimum Gasteiger partial charge on any atom is -0.492 e. The van der Waals surface area contributed by atoms with E-state index in [4.69, 9.17) is 9.94 Å². The molecule has 1 N–H and O–H groups in total. The first kappa shape index (κ1) is 11.0. The summed E-state index contributed by atoms with van der Waals surface area (Å²) in [5.41, 5.74) is 2.94. The summed E-state index contributed by atoms with van der Waals surface area (Å²) in [6.45, 7) is 7.07. The highest BCUT2D eigenvalue weighted by Crippen LogP contribution is 2.31. The number of oxime groups is 1. The maximum Gasteiger partial charge on any atom is 0.128 e. The highest BCUT2D eigenvalue weighted by Gasteiger charge is 2.21. The Balaban J connectivity index is 2.51. The van der Waals surface area contributed by atoms with Gasteiger partial charge in [0.1, 0.15) is 5.75 Å². The standard InChI is InChI=1S/C13H17NO2/c1-13(2,3)9-4-5-12-10(8-9)11(14-15)6-7-16-12/h4-5,8,15H,6-7H2,1-3H3/b14-11+. The third kappa shape index (κ3) is 1.90. The van der Waals surface area contributed by atoms with E-state index in [0.717, 1.165) is 11.3 Å². The maximum atomic E-state index is 8.96. The summed E-state index contributed by atoms with van der Waals surface area (Å²) in [7, 11) is 0. The molecule has 0 aliphatic carbocycles. The van der Waals surface area contributed by atoms with Gasteiger partial charge in [-0.1, -0.05) is 32.0 Å². The van der Waals surface area contributed by atoms with Gasteiger partial charge in [0.05, 0.1) is 12.3 Å². The smallest absolute Gasteiger partial charge is 0.128 e. The second kappa shape index (κ2) is 3.81. The number of fused-ring (bicyclic) bond motifs is 1. The van der Waals surface area contributed by atoms with E-state index in [1.54, 1.807) is 0 Å². The Labute approximate surface area is 95.7 Å². The molecule has 16 heavy (non-hydrogen) atoms. The molecule has 3 heteroatoms. The van der Waals surface area contributed by atoms with Gasteiger partial charge >= 0.3 is 0 Å². The zero-order chi connectivity index (χ0) is 11.8. The number of ether oxygens (including phenoxy) is 1. The largest absolute Gasteiger partial charge is 0.492 e. The van der Waals surface area contributed by atoms with Gasteiger partial charge in [-0.3, -0.25) is 0 Å². The van der Waals surface area contributed by atoms with Crippen molar-refractivity contribution in [2.75, 3.05) is 6.61 Å². The molecule has 1 aliphatic heterocycles. The van der Waals surface area contributed by atoms with E-state index in [1.807, 2.05) is 6.07 Å². The summed E-state index contributed by atoms with van der Waals surface area (Å²) >= 11 is 0. The quantitative estimate of drug-likeness (QED) is 0.538. The Kier molecular flexibility index (Phi) is 2.62. The highest BCUT2D eigenvalue weighted by atomic mass is 16.5. The van der Waals surface area contributed by atoms with Crippen LogP contribution in [-0.4, -0.2) is 17.5 Å². The molecule has 0 atom stereocenters. The van der Waals surface area contributed by atoms with Gasteiger partial charge in [0, 0.05) is 12.0 Å². The molecule has 1 aromatic rings. The van der Waals surface area contributed by atoms with Crippen molar-refractivity contribution >= 4 is 5.71 Å². The van der Waals surface area contributed by atoms with E-state index < -0.39 is 0 Å². The summed E-state index contributed by atoms with van der Waals surface area (Å²) in [5.74, 6) is 0.812. The molecular weight excluding hydrogens is 202 g/mol. The Morgan fingerprint density at radius 1 is 1.31 bits per heavy atom. The average molecular weight is 219 g/mol. The summed E-state index contributed by atoms with van der Waals surface area (Å²) in [6, 6.07) is 6.09. The van der Waals surface area contributed by atoms with E-state index in [-0.39, 0.29) is 5.41 Å². The molecule has 0 unspecified atom stereocenters. The van der Waals surface area contributed by atoms with Crippen molar-refractivity contribution in [3.63, 3.8) is 0 Å². The molecule has 3 nitrogen and oxygen atoms in total. The second-order valence-corrected chi connectivity index (χ2v) is 5.11. The molecule has 0 spiro atoms. The minimum absolute atomic E-state index is 0.0903. The molecule has 0 amide bonds. The molecule has 2 rings (SSSR count).